The lowest BCUT2D eigenvalue weighted by Crippen LogP contribution is -2.52. The summed E-state index contributed by atoms with van der Waals surface area (Å²) in [5.74, 6) is -0.0183. The van der Waals surface area contributed by atoms with Crippen LogP contribution in [0.1, 0.15) is 91.6 Å². The van der Waals surface area contributed by atoms with Gasteiger partial charge in [0.25, 0.3) is 5.91 Å². The summed E-state index contributed by atoms with van der Waals surface area (Å²) in [6, 6.07) is 19.1. The van der Waals surface area contributed by atoms with Crippen molar-refractivity contribution in [2.45, 2.75) is 71.2 Å². The van der Waals surface area contributed by atoms with E-state index in [4.69, 9.17) is 26.1 Å². The molecule has 17 nitrogen and oxygen atoms in total. The number of aliphatic imine (C=N–C) groups is 1. The molecule has 0 bridgehead atoms. The van der Waals surface area contributed by atoms with Crippen LogP contribution in [0.25, 0.3) is 5.00 Å². The Morgan fingerprint density at radius 1 is 0.956 bits per heavy atom. The van der Waals surface area contributed by atoms with E-state index in [1.54, 1.807) is 22.3 Å². The fourth-order valence-corrected chi connectivity index (χ4v) is 10.6. The number of carbonyl (C=O) groups excluding carboxylic acids is 5. The Hall–Kier alpha value is -6.31. The summed E-state index contributed by atoms with van der Waals surface area (Å²) in [5, 5.41) is 22.3. The summed E-state index contributed by atoms with van der Waals surface area (Å²) in [6.07, 6.45) is 0.554. The van der Waals surface area contributed by atoms with Gasteiger partial charge in [0, 0.05) is 83.5 Å². The molecular weight excluding hydrogens is 908 g/mol. The van der Waals surface area contributed by atoms with Gasteiger partial charge in [0.1, 0.15) is 29.0 Å². The number of halogens is 1. The van der Waals surface area contributed by atoms with E-state index in [9.17, 15) is 24.0 Å². The number of ether oxygens (including phenoxy) is 2. The van der Waals surface area contributed by atoms with Gasteiger partial charge in [0.05, 0.1) is 38.6 Å². The molecule has 0 aliphatic carbocycles. The SMILES string of the molecule is Cc1sc2c(c1C)C(c1ccc(Cl)cc1)=N[C@@H](CC(=O)NCCOCCNC(=O)C(c1ccc(CNc3cccc4c3CN(C3CCC(=O)NC3=O)C4=O)cc1)N1CCOCC1)c1nnc(C)n1-2. The van der Waals surface area contributed by atoms with Gasteiger partial charge in [0.15, 0.2) is 5.82 Å². The van der Waals surface area contributed by atoms with Crippen molar-refractivity contribution in [2.75, 3.05) is 57.9 Å². The number of aryl methyl sites for hydroxylation is 2. The number of imide groups is 1. The topological polar surface area (TPSA) is 201 Å². The highest BCUT2D eigenvalue weighted by Gasteiger charge is 2.40. The highest BCUT2D eigenvalue weighted by molar-refractivity contribution is 7.15. The van der Waals surface area contributed by atoms with Gasteiger partial charge in [0.2, 0.25) is 23.6 Å². The molecule has 6 heterocycles. The number of piperidine rings is 1. The van der Waals surface area contributed by atoms with Crippen LogP contribution in [-0.2, 0) is 41.7 Å². The van der Waals surface area contributed by atoms with Gasteiger partial charge in [-0.15, -0.1) is 21.5 Å². The monoisotopic (exact) mass is 960 g/mol. The van der Waals surface area contributed by atoms with E-state index in [1.807, 2.05) is 72.2 Å². The zero-order valence-corrected chi connectivity index (χ0v) is 39.7. The average molecular weight is 962 g/mol. The molecule has 4 N–H and O–H groups in total. The van der Waals surface area contributed by atoms with Crippen LogP contribution in [0.15, 0.2) is 71.7 Å². The molecule has 2 aromatic heterocycles. The van der Waals surface area contributed by atoms with Crippen LogP contribution in [-0.4, -0.2) is 118 Å². The van der Waals surface area contributed by atoms with Gasteiger partial charge >= 0.3 is 0 Å². The largest absolute Gasteiger partial charge is 0.381 e. The summed E-state index contributed by atoms with van der Waals surface area (Å²) < 4.78 is 13.5. The van der Waals surface area contributed by atoms with Crippen molar-refractivity contribution in [3.05, 3.63) is 127 Å². The number of hydrogen-bond donors (Lipinski definition) is 4. The maximum absolute atomic E-state index is 13.8. The molecule has 354 valence electrons. The molecule has 5 amide bonds. The second kappa shape index (κ2) is 20.5. The number of nitrogens with one attached hydrogen (secondary N) is 4. The molecule has 2 fully saturated rings. The summed E-state index contributed by atoms with van der Waals surface area (Å²) in [4.78, 5) is 74.9. The molecular formula is C49H53ClN10O7S. The molecule has 2 saturated heterocycles. The maximum atomic E-state index is 13.8. The first-order chi connectivity index (χ1) is 32.9. The lowest BCUT2D eigenvalue weighted by atomic mass is 9.99. The van der Waals surface area contributed by atoms with Crippen molar-refractivity contribution in [3.8, 4) is 5.00 Å². The lowest BCUT2D eigenvalue weighted by Gasteiger charge is -2.34. The van der Waals surface area contributed by atoms with Gasteiger partial charge in [-0.2, -0.15) is 0 Å². The minimum absolute atomic E-state index is 0.0582. The van der Waals surface area contributed by atoms with Crippen LogP contribution in [0.5, 0.6) is 0 Å². The molecule has 9 rings (SSSR count). The third-order valence-electron chi connectivity index (χ3n) is 12.9. The van der Waals surface area contributed by atoms with Crippen molar-refractivity contribution in [3.63, 3.8) is 0 Å². The summed E-state index contributed by atoms with van der Waals surface area (Å²) in [7, 11) is 0. The van der Waals surface area contributed by atoms with Gasteiger partial charge in [-0.25, -0.2) is 0 Å². The van der Waals surface area contributed by atoms with E-state index in [0.717, 1.165) is 60.5 Å². The Kier molecular flexibility index (Phi) is 14.1. The zero-order valence-electron chi connectivity index (χ0n) is 38.1. The summed E-state index contributed by atoms with van der Waals surface area (Å²) in [5.41, 5.74) is 7.76. The predicted octanol–water partition coefficient (Wildman–Crippen LogP) is 4.89. The van der Waals surface area contributed by atoms with Crippen molar-refractivity contribution < 1.29 is 33.4 Å². The number of morpholine rings is 1. The Labute approximate surface area is 402 Å². The number of anilines is 1. The number of thiophene rings is 1. The number of rotatable bonds is 16. The van der Waals surface area contributed by atoms with E-state index in [0.29, 0.717) is 55.7 Å². The molecule has 3 aromatic carbocycles. The second-order valence-corrected chi connectivity index (χ2v) is 18.9. The molecule has 3 atom stereocenters. The van der Waals surface area contributed by atoms with Crippen LogP contribution < -0.4 is 21.3 Å². The molecule has 0 spiro atoms. The van der Waals surface area contributed by atoms with Gasteiger partial charge in [-0.3, -0.25) is 43.7 Å². The summed E-state index contributed by atoms with van der Waals surface area (Å²) in [6.45, 7) is 10.1. The fraction of sp³-hybridized carbons (Fsp3) is 0.388. The fourth-order valence-electron chi connectivity index (χ4n) is 9.22. The molecule has 5 aromatic rings. The highest BCUT2D eigenvalue weighted by Crippen LogP contribution is 2.40. The smallest absolute Gasteiger partial charge is 0.255 e. The predicted molar refractivity (Wildman–Crippen MR) is 256 cm³/mol. The van der Waals surface area contributed by atoms with E-state index >= 15 is 0 Å². The molecule has 19 heteroatoms. The first-order valence-corrected chi connectivity index (χ1v) is 24.0. The second-order valence-electron chi connectivity index (χ2n) is 17.2. The Bertz CT molecular complexity index is 2770. The molecule has 68 heavy (non-hydrogen) atoms. The van der Waals surface area contributed by atoms with Gasteiger partial charge in [-0.05, 0) is 68.1 Å². The van der Waals surface area contributed by atoms with Crippen LogP contribution in [0, 0.1) is 20.8 Å². The number of hydrogen-bond acceptors (Lipinski definition) is 13. The highest BCUT2D eigenvalue weighted by atomic mass is 35.5. The van der Waals surface area contributed by atoms with E-state index in [-0.39, 0.29) is 69.3 Å². The molecule has 0 radical (unpaired) electrons. The number of fused-ring (bicyclic) bond motifs is 4. The normalized spacial score (nSPS) is 18.5. The quantitative estimate of drug-likeness (QED) is 0.0776. The van der Waals surface area contributed by atoms with Crippen LogP contribution in [0.2, 0.25) is 5.02 Å². The molecule has 2 unspecified atom stereocenters. The van der Waals surface area contributed by atoms with Crippen molar-refractivity contribution >= 4 is 63.9 Å². The maximum Gasteiger partial charge on any atom is 0.255 e. The van der Waals surface area contributed by atoms with Crippen LogP contribution >= 0.6 is 22.9 Å². The number of aromatic nitrogens is 3. The van der Waals surface area contributed by atoms with Crippen LogP contribution in [0.3, 0.4) is 0 Å². The first kappa shape index (κ1) is 46.8. The molecule has 4 aliphatic rings. The average Bonchev–Trinajstić information content (AvgIpc) is 3.95. The number of benzene rings is 3. The standard InChI is InChI=1S/C49H53ClN10O7S/c1-28-29(2)68-49-42(28)43(32-11-13-34(50)14-12-32)54-38(45-57-56-30(3)60(45)49)25-41(62)51-17-21-66-22-18-52-47(64)44(58-19-23-67-24-20-58)33-9-7-31(8-10-33)26-53-37-6-4-5-35-36(37)27-59(48(35)65)39-15-16-40(61)55-46(39)63/h4-14,38-39,44,53H,15-27H2,1-3H3,(H,51,62)(H,52,64)(H,55,61,63)/t38-,39?,44?/m0/s1. The van der Waals surface area contributed by atoms with Gasteiger partial charge in [-0.1, -0.05) is 54.1 Å². The van der Waals surface area contributed by atoms with Crippen molar-refractivity contribution in [2.24, 2.45) is 4.99 Å². The third kappa shape index (κ3) is 9.82. The first-order valence-electron chi connectivity index (χ1n) is 22.8. The minimum atomic E-state index is -0.687. The molecule has 4 aliphatic heterocycles. The number of nitrogens with zero attached hydrogens (tertiary/aromatic N) is 6. The Morgan fingerprint density at radius 3 is 2.46 bits per heavy atom. The minimum Gasteiger partial charge on any atom is -0.381 e. The van der Waals surface area contributed by atoms with E-state index in [1.165, 1.54) is 0 Å². The molecule has 0 saturated carbocycles. The van der Waals surface area contributed by atoms with Gasteiger partial charge < -0.3 is 30.3 Å². The third-order valence-corrected chi connectivity index (χ3v) is 14.3. The van der Waals surface area contributed by atoms with Crippen LogP contribution in [0.4, 0.5) is 5.69 Å². The number of carbonyl (C=O) groups is 5. The lowest BCUT2D eigenvalue weighted by molar-refractivity contribution is -0.137. The Morgan fingerprint density at radius 2 is 1.71 bits per heavy atom. The zero-order chi connectivity index (χ0) is 47.5. The summed E-state index contributed by atoms with van der Waals surface area (Å²) >= 11 is 7.91. The van der Waals surface area contributed by atoms with E-state index in [2.05, 4.69) is 50.2 Å². The number of amides is 5. The van der Waals surface area contributed by atoms with Crippen molar-refractivity contribution in [1.82, 2.24) is 40.5 Å². The van der Waals surface area contributed by atoms with Crippen molar-refractivity contribution in [1.29, 1.82) is 0 Å². The van der Waals surface area contributed by atoms with E-state index < -0.39 is 24.0 Å². The Balaban J connectivity index is 0.766.